The zero-order chi connectivity index (χ0) is 40.8. The molecule has 56 heavy (non-hydrogen) atoms. The van der Waals surface area contributed by atoms with Crippen molar-refractivity contribution in [2.45, 2.75) is 83.6 Å². The summed E-state index contributed by atoms with van der Waals surface area (Å²) in [5, 5.41) is 32.4. The smallest absolute Gasteiger partial charge is 0.408 e. The maximum absolute atomic E-state index is 13.8. The van der Waals surface area contributed by atoms with E-state index in [2.05, 4.69) is 41.5 Å². The molecular weight excluding hydrogens is 749 g/mol. The first kappa shape index (κ1) is 42.4. The standard InChI is InChI=1S/C37H44N8O10S/c1-20(2)13-27(45-37(54)55-18-22-7-5-4-6-8-22)35(52)42-26(11-12-31(46)47)33(50)43-28(14-24-17-38-19-39-24)36(53)44-29(16-32(48)49)34(51)41-23-9-10-25-30(15-23)56-21(3)40-25/h4-10,15,17,19-20,26-29H,11-14,16,18H2,1-3H3,(H,38,39)(H,41,51)(H,42,52)(H,43,50)(H,44,53)(H,45,54)(H,46,47)(H,48,49). The second-order valence-electron chi connectivity index (χ2n) is 13.3. The minimum Gasteiger partial charge on any atom is -0.481 e. The summed E-state index contributed by atoms with van der Waals surface area (Å²) in [5.41, 5.74) is 2.14. The second-order valence-corrected chi connectivity index (χ2v) is 14.5. The molecule has 19 heteroatoms. The molecule has 0 saturated carbocycles. The number of H-pyrrole nitrogens is 1. The number of aryl methyl sites for hydroxylation is 1. The number of ether oxygens (including phenoxy) is 1. The van der Waals surface area contributed by atoms with Gasteiger partial charge < -0.3 is 46.5 Å². The Bertz CT molecular complexity index is 2000. The fourth-order valence-corrected chi connectivity index (χ4v) is 6.39. The van der Waals surface area contributed by atoms with Crippen molar-refractivity contribution in [2.75, 3.05) is 5.32 Å². The van der Waals surface area contributed by atoms with Gasteiger partial charge >= 0.3 is 18.0 Å². The number of carboxylic acid groups (broad SMARTS) is 2. The van der Waals surface area contributed by atoms with Crippen molar-refractivity contribution in [1.29, 1.82) is 0 Å². The lowest BCUT2D eigenvalue weighted by Gasteiger charge is -2.26. The fraction of sp³-hybridized carbons (Fsp3) is 0.378. The highest BCUT2D eigenvalue weighted by molar-refractivity contribution is 7.18. The summed E-state index contributed by atoms with van der Waals surface area (Å²) in [6, 6.07) is 8.05. The average Bonchev–Trinajstić information content (AvgIpc) is 3.79. The summed E-state index contributed by atoms with van der Waals surface area (Å²) in [6.07, 6.45) is -0.0161. The third-order valence-electron chi connectivity index (χ3n) is 8.19. The van der Waals surface area contributed by atoms with E-state index in [4.69, 9.17) is 4.74 Å². The summed E-state index contributed by atoms with van der Waals surface area (Å²) >= 11 is 1.39. The van der Waals surface area contributed by atoms with Crippen molar-refractivity contribution in [3.05, 3.63) is 77.3 Å². The molecule has 2 aromatic heterocycles. The fourth-order valence-electron chi connectivity index (χ4n) is 5.52. The predicted molar refractivity (Wildman–Crippen MR) is 203 cm³/mol. The summed E-state index contributed by atoms with van der Waals surface area (Å²) in [6.45, 7) is 5.38. The lowest BCUT2D eigenvalue weighted by molar-refractivity contribution is -0.140. The number of aromatic amines is 1. The molecule has 0 fully saturated rings. The number of aliphatic carboxylic acids is 2. The van der Waals surface area contributed by atoms with E-state index in [1.807, 2.05) is 20.8 Å². The number of imidazole rings is 1. The molecule has 0 aliphatic carbocycles. The van der Waals surface area contributed by atoms with Gasteiger partial charge in [0.25, 0.3) is 0 Å². The Morgan fingerprint density at radius 2 is 1.50 bits per heavy atom. The van der Waals surface area contributed by atoms with Crippen LogP contribution in [0.1, 0.15) is 55.8 Å². The molecule has 8 N–H and O–H groups in total. The zero-order valence-electron chi connectivity index (χ0n) is 30.9. The predicted octanol–water partition coefficient (Wildman–Crippen LogP) is 2.64. The molecule has 4 aromatic rings. The molecule has 4 unspecified atom stereocenters. The Labute approximate surface area is 325 Å². The number of carbonyl (C=O) groups is 7. The van der Waals surface area contributed by atoms with Crippen molar-refractivity contribution in [1.82, 2.24) is 36.2 Å². The van der Waals surface area contributed by atoms with E-state index in [0.29, 0.717) is 22.5 Å². The first-order valence-corrected chi connectivity index (χ1v) is 18.5. The van der Waals surface area contributed by atoms with Crippen LogP contribution < -0.4 is 26.6 Å². The molecule has 2 heterocycles. The van der Waals surface area contributed by atoms with Gasteiger partial charge in [-0.25, -0.2) is 14.8 Å². The van der Waals surface area contributed by atoms with Crippen LogP contribution in [0.25, 0.3) is 10.2 Å². The molecule has 0 radical (unpaired) electrons. The molecule has 0 bridgehead atoms. The number of amides is 5. The van der Waals surface area contributed by atoms with Gasteiger partial charge in [-0.1, -0.05) is 44.2 Å². The van der Waals surface area contributed by atoms with Crippen molar-refractivity contribution in [3.63, 3.8) is 0 Å². The van der Waals surface area contributed by atoms with Crippen LogP contribution in [0.5, 0.6) is 0 Å². The number of aromatic nitrogens is 3. The number of anilines is 1. The number of alkyl carbamates (subject to hydrolysis) is 1. The SMILES string of the molecule is Cc1nc2ccc(NC(=O)C(CC(=O)O)NC(=O)C(Cc3cnc[nH]3)NC(=O)C(CCC(=O)O)NC(=O)C(CC(C)C)NC(=O)OCc3ccccc3)cc2s1. The Morgan fingerprint density at radius 3 is 2.16 bits per heavy atom. The third-order valence-corrected chi connectivity index (χ3v) is 9.13. The Kier molecular flexibility index (Phi) is 15.4. The summed E-state index contributed by atoms with van der Waals surface area (Å²) in [4.78, 5) is 102. The minimum absolute atomic E-state index is 0.0660. The minimum atomic E-state index is -1.59. The lowest BCUT2D eigenvalue weighted by atomic mass is 10.0. The van der Waals surface area contributed by atoms with E-state index in [1.165, 1.54) is 23.9 Å². The van der Waals surface area contributed by atoms with E-state index in [-0.39, 0.29) is 25.4 Å². The Morgan fingerprint density at radius 1 is 0.821 bits per heavy atom. The number of hydrogen-bond donors (Lipinski definition) is 8. The van der Waals surface area contributed by atoms with E-state index in [9.17, 15) is 43.8 Å². The van der Waals surface area contributed by atoms with E-state index < -0.39 is 85.1 Å². The lowest BCUT2D eigenvalue weighted by Crippen LogP contribution is -2.58. The van der Waals surface area contributed by atoms with Gasteiger partial charge in [-0.15, -0.1) is 11.3 Å². The summed E-state index contributed by atoms with van der Waals surface area (Å²) < 4.78 is 6.05. The highest BCUT2D eigenvalue weighted by atomic mass is 32.1. The topological polar surface area (TPSA) is 271 Å². The number of hydrogen-bond acceptors (Lipinski definition) is 11. The number of nitrogens with one attached hydrogen (secondary N) is 6. The first-order valence-electron chi connectivity index (χ1n) is 17.6. The van der Waals surface area contributed by atoms with E-state index in [1.54, 1.807) is 48.5 Å². The average molecular weight is 793 g/mol. The van der Waals surface area contributed by atoms with Gasteiger partial charge in [-0.3, -0.25) is 28.8 Å². The first-order chi connectivity index (χ1) is 26.7. The number of carbonyl (C=O) groups excluding carboxylic acids is 5. The molecule has 5 amide bonds. The maximum Gasteiger partial charge on any atom is 0.408 e. The molecule has 4 rings (SSSR count). The molecule has 0 aliphatic rings. The van der Waals surface area contributed by atoms with Gasteiger partial charge in [0.15, 0.2) is 0 Å². The second kappa shape index (κ2) is 20.3. The number of benzene rings is 2. The molecule has 18 nitrogen and oxygen atoms in total. The molecule has 0 aliphatic heterocycles. The third kappa shape index (κ3) is 13.5. The van der Waals surface area contributed by atoms with Crippen LogP contribution in [0.4, 0.5) is 10.5 Å². The van der Waals surface area contributed by atoms with Crippen LogP contribution in [0, 0.1) is 12.8 Å². The van der Waals surface area contributed by atoms with Gasteiger partial charge in [0.05, 0.1) is 28.0 Å². The summed E-state index contributed by atoms with van der Waals surface area (Å²) in [7, 11) is 0. The Balaban J connectivity index is 1.50. The molecule has 298 valence electrons. The van der Waals surface area contributed by atoms with Gasteiger partial charge in [0, 0.05) is 30.4 Å². The van der Waals surface area contributed by atoms with Crippen molar-refractivity contribution >= 4 is 68.9 Å². The number of fused-ring (bicyclic) bond motifs is 1. The monoisotopic (exact) mass is 792 g/mol. The van der Waals surface area contributed by atoms with Crippen LogP contribution in [-0.4, -0.2) is 91.0 Å². The van der Waals surface area contributed by atoms with Crippen LogP contribution in [0.15, 0.2) is 61.1 Å². The quantitative estimate of drug-likeness (QED) is 0.0642. The number of nitrogens with zero attached hydrogens (tertiary/aromatic N) is 2. The van der Waals surface area contributed by atoms with Crippen LogP contribution in [-0.2, 0) is 46.5 Å². The van der Waals surface area contributed by atoms with E-state index >= 15 is 0 Å². The van der Waals surface area contributed by atoms with Gasteiger partial charge in [0.1, 0.15) is 30.8 Å². The van der Waals surface area contributed by atoms with E-state index in [0.717, 1.165) is 9.71 Å². The zero-order valence-corrected chi connectivity index (χ0v) is 31.7. The molecule has 2 aromatic carbocycles. The maximum atomic E-state index is 13.8. The van der Waals surface area contributed by atoms with Crippen LogP contribution >= 0.6 is 11.3 Å². The molecule has 4 atom stereocenters. The Hall–Kier alpha value is -6.37. The number of thiazole rings is 1. The van der Waals surface area contributed by atoms with Crippen molar-refractivity contribution < 1.29 is 48.5 Å². The molecular formula is C37H44N8O10S. The largest absolute Gasteiger partial charge is 0.481 e. The number of rotatable bonds is 20. The van der Waals surface area contributed by atoms with Gasteiger partial charge in [0.2, 0.25) is 23.6 Å². The highest BCUT2D eigenvalue weighted by Crippen LogP contribution is 2.25. The number of carboxylic acids is 2. The van der Waals surface area contributed by atoms with Crippen LogP contribution in [0.3, 0.4) is 0 Å². The van der Waals surface area contributed by atoms with Gasteiger partial charge in [-0.05, 0) is 49.4 Å². The normalized spacial score (nSPS) is 13.1. The molecule has 0 saturated heterocycles. The van der Waals surface area contributed by atoms with Crippen LogP contribution in [0.2, 0.25) is 0 Å². The summed E-state index contributed by atoms with van der Waals surface area (Å²) in [5.74, 6) is -6.32. The van der Waals surface area contributed by atoms with Crippen molar-refractivity contribution in [2.24, 2.45) is 5.92 Å². The van der Waals surface area contributed by atoms with Gasteiger partial charge in [-0.2, -0.15) is 0 Å². The molecule has 0 spiro atoms. The van der Waals surface area contributed by atoms with Crippen molar-refractivity contribution in [3.8, 4) is 0 Å². The highest BCUT2D eigenvalue weighted by Gasteiger charge is 2.33.